The van der Waals surface area contributed by atoms with Gasteiger partial charge in [-0.3, -0.25) is 0 Å². The lowest BCUT2D eigenvalue weighted by atomic mass is 10.0. The highest BCUT2D eigenvalue weighted by atomic mass is 14.6. The van der Waals surface area contributed by atoms with Gasteiger partial charge >= 0.3 is 0 Å². The van der Waals surface area contributed by atoms with E-state index in [2.05, 4.69) is 6.07 Å². The monoisotopic (exact) mass is 164 g/mol. The fourth-order valence-electron chi connectivity index (χ4n) is 1.27. The third kappa shape index (κ3) is 1.98. The van der Waals surface area contributed by atoms with E-state index in [1.807, 2.05) is 26.0 Å². The number of rotatable bonds is 2. The second kappa shape index (κ2) is 3.59. The highest BCUT2D eigenvalue weighted by molar-refractivity contribution is 5.50. The van der Waals surface area contributed by atoms with Crippen LogP contribution in [0.25, 0.3) is 0 Å². The summed E-state index contributed by atoms with van der Waals surface area (Å²) in [5.41, 5.74) is 14.7. The van der Waals surface area contributed by atoms with Crippen molar-refractivity contribution >= 4 is 5.69 Å². The molecule has 1 atom stereocenters. The van der Waals surface area contributed by atoms with Crippen molar-refractivity contribution in [3.05, 3.63) is 29.3 Å². The van der Waals surface area contributed by atoms with Gasteiger partial charge in [0.2, 0.25) is 0 Å². The highest BCUT2D eigenvalue weighted by Crippen LogP contribution is 2.16. The standard InChI is InChI=1S/C10H16N2/c1-7(11)6-9-4-3-5-10(12)8(9)2/h3-5,7H,6,11-12H2,1-2H3/t7-/m1/s1. The lowest BCUT2D eigenvalue weighted by molar-refractivity contribution is 0.735. The first-order chi connectivity index (χ1) is 5.61. The Morgan fingerprint density at radius 3 is 2.67 bits per heavy atom. The minimum atomic E-state index is 0.200. The van der Waals surface area contributed by atoms with Gasteiger partial charge in [-0.1, -0.05) is 12.1 Å². The van der Waals surface area contributed by atoms with Gasteiger partial charge in [0.05, 0.1) is 0 Å². The first-order valence-electron chi connectivity index (χ1n) is 4.21. The molecule has 0 aromatic heterocycles. The predicted octanol–water partition coefficient (Wildman–Crippen LogP) is 1.47. The number of anilines is 1. The van der Waals surface area contributed by atoms with Gasteiger partial charge in [-0.05, 0) is 37.5 Å². The van der Waals surface area contributed by atoms with Crippen LogP contribution in [-0.2, 0) is 6.42 Å². The van der Waals surface area contributed by atoms with Gasteiger partial charge in [0.15, 0.2) is 0 Å². The Morgan fingerprint density at radius 1 is 1.42 bits per heavy atom. The van der Waals surface area contributed by atoms with Gasteiger partial charge in [0, 0.05) is 11.7 Å². The normalized spacial score (nSPS) is 12.9. The minimum absolute atomic E-state index is 0.200. The molecule has 0 saturated heterocycles. The van der Waals surface area contributed by atoms with Crippen molar-refractivity contribution in [2.45, 2.75) is 26.3 Å². The van der Waals surface area contributed by atoms with Crippen molar-refractivity contribution in [2.24, 2.45) is 5.73 Å². The fourth-order valence-corrected chi connectivity index (χ4v) is 1.27. The summed E-state index contributed by atoms with van der Waals surface area (Å²) in [5.74, 6) is 0. The zero-order valence-corrected chi connectivity index (χ0v) is 7.67. The molecule has 0 bridgehead atoms. The van der Waals surface area contributed by atoms with E-state index in [1.165, 1.54) is 5.56 Å². The molecule has 0 fully saturated rings. The smallest absolute Gasteiger partial charge is 0.0346 e. The summed E-state index contributed by atoms with van der Waals surface area (Å²) in [7, 11) is 0. The molecule has 0 amide bonds. The van der Waals surface area contributed by atoms with Crippen LogP contribution in [0.1, 0.15) is 18.1 Å². The second-order valence-corrected chi connectivity index (χ2v) is 3.31. The number of hydrogen-bond donors (Lipinski definition) is 2. The first kappa shape index (κ1) is 9.07. The third-order valence-electron chi connectivity index (χ3n) is 2.03. The number of nitrogen functional groups attached to an aromatic ring is 1. The van der Waals surface area contributed by atoms with E-state index in [9.17, 15) is 0 Å². The zero-order chi connectivity index (χ0) is 9.14. The Kier molecular flexibility index (Phi) is 2.71. The summed E-state index contributed by atoms with van der Waals surface area (Å²) >= 11 is 0. The maximum Gasteiger partial charge on any atom is 0.0346 e. The van der Waals surface area contributed by atoms with Crippen LogP contribution in [0.2, 0.25) is 0 Å². The van der Waals surface area contributed by atoms with Crippen LogP contribution in [0.4, 0.5) is 5.69 Å². The minimum Gasteiger partial charge on any atom is -0.399 e. The number of benzene rings is 1. The SMILES string of the molecule is Cc1c(N)cccc1C[C@@H](C)N. The molecule has 0 saturated carbocycles. The summed E-state index contributed by atoms with van der Waals surface area (Å²) < 4.78 is 0. The molecule has 0 unspecified atom stereocenters. The van der Waals surface area contributed by atoms with Crippen molar-refractivity contribution < 1.29 is 0 Å². The summed E-state index contributed by atoms with van der Waals surface area (Å²) in [6.45, 7) is 4.04. The Bertz CT molecular complexity index is 267. The van der Waals surface area contributed by atoms with E-state index >= 15 is 0 Å². The van der Waals surface area contributed by atoms with Crippen LogP contribution in [0.3, 0.4) is 0 Å². The van der Waals surface area contributed by atoms with E-state index in [-0.39, 0.29) is 6.04 Å². The van der Waals surface area contributed by atoms with Gasteiger partial charge in [-0.2, -0.15) is 0 Å². The average Bonchev–Trinajstić information content (AvgIpc) is 1.98. The Balaban J connectivity index is 2.92. The van der Waals surface area contributed by atoms with Gasteiger partial charge in [-0.25, -0.2) is 0 Å². The summed E-state index contributed by atoms with van der Waals surface area (Å²) in [6, 6.07) is 6.17. The topological polar surface area (TPSA) is 52.0 Å². The van der Waals surface area contributed by atoms with E-state index in [1.54, 1.807) is 0 Å². The Hall–Kier alpha value is -1.02. The Labute approximate surface area is 73.6 Å². The molecular weight excluding hydrogens is 148 g/mol. The van der Waals surface area contributed by atoms with Crippen LogP contribution in [0, 0.1) is 6.92 Å². The van der Waals surface area contributed by atoms with Gasteiger partial charge in [0.25, 0.3) is 0 Å². The van der Waals surface area contributed by atoms with Crippen LogP contribution < -0.4 is 11.5 Å². The molecule has 4 N–H and O–H groups in total. The molecule has 0 radical (unpaired) electrons. The van der Waals surface area contributed by atoms with E-state index < -0.39 is 0 Å². The van der Waals surface area contributed by atoms with Crippen molar-refractivity contribution in [1.29, 1.82) is 0 Å². The van der Waals surface area contributed by atoms with Gasteiger partial charge in [-0.15, -0.1) is 0 Å². The van der Waals surface area contributed by atoms with Crippen molar-refractivity contribution in [1.82, 2.24) is 0 Å². The fraction of sp³-hybridized carbons (Fsp3) is 0.400. The quantitative estimate of drug-likeness (QED) is 0.650. The predicted molar refractivity (Wildman–Crippen MR) is 52.9 cm³/mol. The summed E-state index contributed by atoms with van der Waals surface area (Å²) in [6.07, 6.45) is 0.900. The second-order valence-electron chi connectivity index (χ2n) is 3.31. The third-order valence-corrected chi connectivity index (χ3v) is 2.03. The van der Waals surface area contributed by atoms with Gasteiger partial charge < -0.3 is 11.5 Å². The molecular formula is C10H16N2. The largest absolute Gasteiger partial charge is 0.399 e. The molecule has 1 aromatic rings. The molecule has 66 valence electrons. The van der Waals surface area contributed by atoms with E-state index in [0.29, 0.717) is 0 Å². The number of nitrogens with two attached hydrogens (primary N) is 2. The number of hydrogen-bond acceptors (Lipinski definition) is 2. The summed E-state index contributed by atoms with van der Waals surface area (Å²) in [5, 5.41) is 0. The van der Waals surface area contributed by atoms with Crippen LogP contribution in [0.15, 0.2) is 18.2 Å². The zero-order valence-electron chi connectivity index (χ0n) is 7.67. The van der Waals surface area contributed by atoms with Gasteiger partial charge in [0.1, 0.15) is 0 Å². The lowest BCUT2D eigenvalue weighted by Gasteiger charge is -2.09. The molecule has 1 rings (SSSR count). The summed E-state index contributed by atoms with van der Waals surface area (Å²) in [4.78, 5) is 0. The van der Waals surface area contributed by atoms with E-state index in [4.69, 9.17) is 11.5 Å². The van der Waals surface area contributed by atoms with Crippen LogP contribution in [-0.4, -0.2) is 6.04 Å². The van der Waals surface area contributed by atoms with Crippen LogP contribution >= 0.6 is 0 Å². The van der Waals surface area contributed by atoms with Crippen molar-refractivity contribution in [3.63, 3.8) is 0 Å². The average molecular weight is 164 g/mol. The molecule has 12 heavy (non-hydrogen) atoms. The molecule has 2 nitrogen and oxygen atoms in total. The van der Waals surface area contributed by atoms with E-state index in [0.717, 1.165) is 17.7 Å². The molecule has 0 heterocycles. The molecule has 0 aliphatic rings. The molecule has 0 aliphatic heterocycles. The lowest BCUT2D eigenvalue weighted by Crippen LogP contribution is -2.18. The first-order valence-corrected chi connectivity index (χ1v) is 4.21. The molecule has 0 spiro atoms. The van der Waals surface area contributed by atoms with Crippen LogP contribution in [0.5, 0.6) is 0 Å². The maximum atomic E-state index is 5.76. The van der Waals surface area contributed by atoms with Crippen molar-refractivity contribution in [2.75, 3.05) is 5.73 Å². The molecule has 0 aliphatic carbocycles. The molecule has 1 aromatic carbocycles. The Morgan fingerprint density at radius 2 is 2.08 bits per heavy atom. The molecule has 2 heteroatoms. The maximum absolute atomic E-state index is 5.76. The highest BCUT2D eigenvalue weighted by Gasteiger charge is 2.02. The van der Waals surface area contributed by atoms with Crippen molar-refractivity contribution in [3.8, 4) is 0 Å².